The third-order valence-electron chi connectivity index (χ3n) is 3.61. The highest BCUT2D eigenvalue weighted by Crippen LogP contribution is 2.38. The van der Waals surface area contributed by atoms with E-state index in [4.69, 9.17) is 9.94 Å². The third-order valence-corrected chi connectivity index (χ3v) is 3.61. The molecule has 2 rings (SSSR count). The lowest BCUT2D eigenvalue weighted by atomic mass is 10.0. The molecule has 0 saturated carbocycles. The fourth-order valence-electron chi connectivity index (χ4n) is 2.10. The van der Waals surface area contributed by atoms with E-state index >= 15 is 0 Å². The first-order valence-corrected chi connectivity index (χ1v) is 7.38. The number of benzene rings is 1. The van der Waals surface area contributed by atoms with Gasteiger partial charge in [-0.2, -0.15) is 10.2 Å². The molecular weight excluding hydrogens is 286 g/mol. The van der Waals surface area contributed by atoms with Crippen molar-refractivity contribution in [3.63, 3.8) is 0 Å². The highest BCUT2D eigenvalue weighted by molar-refractivity contribution is 5.29. The van der Waals surface area contributed by atoms with Gasteiger partial charge < -0.3 is 20.2 Å². The summed E-state index contributed by atoms with van der Waals surface area (Å²) >= 11 is 0. The zero-order chi connectivity index (χ0) is 16.0. The molecule has 2 unspecified atom stereocenters. The molecule has 0 aromatic heterocycles. The van der Waals surface area contributed by atoms with Crippen molar-refractivity contribution in [1.82, 2.24) is 5.48 Å². The van der Waals surface area contributed by atoms with Gasteiger partial charge in [-0.3, -0.25) is 0 Å². The number of hydroxylamine groups is 1. The third kappa shape index (κ3) is 5.11. The molecule has 0 spiro atoms. The summed E-state index contributed by atoms with van der Waals surface area (Å²) in [5, 5.41) is 35.6. The Kier molecular flexibility index (Phi) is 5.98. The smallest absolute Gasteiger partial charge is 0.213 e. The molecule has 1 heterocycles. The molecule has 7 heteroatoms. The van der Waals surface area contributed by atoms with E-state index in [-0.39, 0.29) is 25.4 Å². The first-order chi connectivity index (χ1) is 10.5. The summed E-state index contributed by atoms with van der Waals surface area (Å²) < 4.78 is 5.19. The molecule has 1 aromatic carbocycles. The first-order valence-electron chi connectivity index (χ1n) is 7.38. The molecule has 4 N–H and O–H groups in total. The number of aliphatic hydroxyl groups excluding tert-OH is 2. The monoisotopic (exact) mass is 309 g/mol. The number of rotatable bonds is 10. The van der Waals surface area contributed by atoms with E-state index in [9.17, 15) is 10.2 Å². The second kappa shape index (κ2) is 7.75. The number of hydrogen-bond donors (Lipinski definition) is 4. The number of nitrogens with zero attached hydrogens (tertiary/aromatic N) is 2. The minimum Gasteiger partial charge on any atom is -0.391 e. The van der Waals surface area contributed by atoms with Crippen LogP contribution in [-0.4, -0.2) is 47.4 Å². The predicted octanol–water partition coefficient (Wildman–Crippen LogP) is 0.975. The van der Waals surface area contributed by atoms with Crippen molar-refractivity contribution in [2.75, 3.05) is 19.8 Å². The normalized spacial score (nSPS) is 18.2. The molecule has 22 heavy (non-hydrogen) atoms. The second-order valence-corrected chi connectivity index (χ2v) is 5.66. The van der Waals surface area contributed by atoms with Crippen molar-refractivity contribution in [2.24, 2.45) is 10.2 Å². The lowest BCUT2D eigenvalue weighted by Crippen LogP contribution is -2.29. The zero-order valence-corrected chi connectivity index (χ0v) is 12.6. The van der Waals surface area contributed by atoms with Gasteiger partial charge in [0.25, 0.3) is 0 Å². The van der Waals surface area contributed by atoms with Gasteiger partial charge >= 0.3 is 0 Å². The summed E-state index contributed by atoms with van der Waals surface area (Å²) in [7, 11) is 0. The molecule has 0 saturated heterocycles. The Morgan fingerprint density at radius 1 is 1.14 bits per heavy atom. The molecule has 0 bridgehead atoms. The quantitative estimate of drug-likeness (QED) is 0.482. The molecule has 0 fully saturated rings. The van der Waals surface area contributed by atoms with Gasteiger partial charge in [0.05, 0.1) is 25.4 Å². The average molecular weight is 309 g/mol. The first kappa shape index (κ1) is 17.0. The van der Waals surface area contributed by atoms with E-state index in [1.807, 2.05) is 36.7 Å². The van der Waals surface area contributed by atoms with Gasteiger partial charge in [0.1, 0.15) is 0 Å². The van der Waals surface area contributed by atoms with Crippen molar-refractivity contribution in [2.45, 2.75) is 37.6 Å². The van der Waals surface area contributed by atoms with E-state index in [1.165, 1.54) is 0 Å². The van der Waals surface area contributed by atoms with Crippen LogP contribution in [0.1, 0.15) is 24.5 Å². The van der Waals surface area contributed by atoms with Crippen molar-refractivity contribution in [3.8, 4) is 0 Å². The number of ether oxygens (including phenoxy) is 1. The van der Waals surface area contributed by atoms with Crippen LogP contribution in [0.4, 0.5) is 0 Å². The zero-order valence-electron chi connectivity index (χ0n) is 12.6. The SMILES string of the molecule is CC1(c2ccc(CCC(O)COCC(O)CNO)cc2)N=N1. The van der Waals surface area contributed by atoms with Gasteiger partial charge in [-0.15, -0.1) is 0 Å². The molecule has 1 aromatic rings. The molecule has 2 atom stereocenters. The Hall–Kier alpha value is -1.38. The molecule has 0 aliphatic carbocycles. The summed E-state index contributed by atoms with van der Waals surface area (Å²) in [4.78, 5) is 0. The molecule has 7 nitrogen and oxygen atoms in total. The predicted molar refractivity (Wildman–Crippen MR) is 79.6 cm³/mol. The lowest BCUT2D eigenvalue weighted by Gasteiger charge is -2.14. The number of aryl methyl sites for hydroxylation is 1. The average Bonchev–Trinajstić information content (AvgIpc) is 3.25. The molecule has 1 aliphatic rings. The highest BCUT2D eigenvalue weighted by Gasteiger charge is 2.35. The summed E-state index contributed by atoms with van der Waals surface area (Å²) in [5.74, 6) is 0. The number of aliphatic hydroxyl groups is 2. The van der Waals surface area contributed by atoms with Gasteiger partial charge in [0.15, 0.2) is 0 Å². The molecular formula is C15H23N3O4. The summed E-state index contributed by atoms with van der Waals surface area (Å²) in [6.45, 7) is 2.24. The van der Waals surface area contributed by atoms with E-state index in [0.29, 0.717) is 6.42 Å². The van der Waals surface area contributed by atoms with Crippen LogP contribution in [0.5, 0.6) is 0 Å². The highest BCUT2D eigenvalue weighted by atomic mass is 16.5. The van der Waals surface area contributed by atoms with Crippen LogP contribution < -0.4 is 5.48 Å². The second-order valence-electron chi connectivity index (χ2n) is 5.66. The van der Waals surface area contributed by atoms with Crippen LogP contribution in [0.25, 0.3) is 0 Å². The fourth-order valence-corrected chi connectivity index (χ4v) is 2.10. The Labute approximate surface area is 129 Å². The van der Waals surface area contributed by atoms with E-state index in [0.717, 1.165) is 17.5 Å². The van der Waals surface area contributed by atoms with Crippen LogP contribution in [0.2, 0.25) is 0 Å². The minimum atomic E-state index is -0.788. The lowest BCUT2D eigenvalue weighted by molar-refractivity contribution is -0.0187. The van der Waals surface area contributed by atoms with Crippen LogP contribution in [0.3, 0.4) is 0 Å². The number of nitrogens with one attached hydrogen (secondary N) is 1. The maximum atomic E-state index is 9.85. The Balaban J connectivity index is 1.64. The van der Waals surface area contributed by atoms with Crippen LogP contribution in [0.15, 0.2) is 34.5 Å². The minimum absolute atomic E-state index is 0.0416. The summed E-state index contributed by atoms with van der Waals surface area (Å²) in [6, 6.07) is 8.06. The summed E-state index contributed by atoms with van der Waals surface area (Å²) in [6.07, 6.45) is -0.0414. The topological polar surface area (TPSA) is 107 Å². The van der Waals surface area contributed by atoms with E-state index in [1.54, 1.807) is 0 Å². The molecule has 1 aliphatic heterocycles. The Morgan fingerprint density at radius 3 is 2.36 bits per heavy atom. The van der Waals surface area contributed by atoms with Crippen LogP contribution in [-0.2, 0) is 16.8 Å². The maximum absolute atomic E-state index is 9.85. The van der Waals surface area contributed by atoms with Crippen molar-refractivity contribution < 1.29 is 20.2 Å². The van der Waals surface area contributed by atoms with E-state index < -0.39 is 12.2 Å². The molecule has 0 amide bonds. The van der Waals surface area contributed by atoms with Crippen molar-refractivity contribution in [1.29, 1.82) is 0 Å². The van der Waals surface area contributed by atoms with Gasteiger partial charge in [-0.1, -0.05) is 24.3 Å². The van der Waals surface area contributed by atoms with Crippen molar-refractivity contribution in [3.05, 3.63) is 35.4 Å². The molecule has 0 radical (unpaired) electrons. The van der Waals surface area contributed by atoms with Gasteiger partial charge in [0, 0.05) is 12.1 Å². The van der Waals surface area contributed by atoms with E-state index in [2.05, 4.69) is 10.2 Å². The molecule has 122 valence electrons. The largest absolute Gasteiger partial charge is 0.391 e. The maximum Gasteiger partial charge on any atom is 0.213 e. The summed E-state index contributed by atoms with van der Waals surface area (Å²) in [5.41, 5.74) is 3.73. The Bertz CT molecular complexity index is 486. The van der Waals surface area contributed by atoms with Crippen LogP contribution in [0, 0.1) is 0 Å². The van der Waals surface area contributed by atoms with Gasteiger partial charge in [0.2, 0.25) is 5.66 Å². The van der Waals surface area contributed by atoms with Gasteiger partial charge in [-0.25, -0.2) is 5.48 Å². The Morgan fingerprint density at radius 2 is 1.77 bits per heavy atom. The van der Waals surface area contributed by atoms with Crippen LogP contribution >= 0.6 is 0 Å². The standard InChI is InChI=1S/C15H23N3O4/c1-15(17-18-15)12-5-2-11(3-6-12)4-7-13(19)9-22-10-14(20)8-16-21/h2-3,5-6,13-14,16,19-21H,4,7-10H2,1H3. The fraction of sp³-hybridized carbons (Fsp3) is 0.600. The van der Waals surface area contributed by atoms with Crippen molar-refractivity contribution >= 4 is 0 Å². The van der Waals surface area contributed by atoms with Gasteiger partial charge in [-0.05, 0) is 25.3 Å². The number of hydrogen-bond acceptors (Lipinski definition) is 7.